The molecule has 2 N–H and O–H groups in total. The van der Waals surface area contributed by atoms with Crippen LogP contribution in [0.1, 0.15) is 25.5 Å². The van der Waals surface area contributed by atoms with Gasteiger partial charge in [0.15, 0.2) is 0 Å². The maximum atomic E-state index is 12.4. The summed E-state index contributed by atoms with van der Waals surface area (Å²) in [6.07, 6.45) is 0. The lowest BCUT2D eigenvalue weighted by Gasteiger charge is -2.28. The zero-order valence-electron chi connectivity index (χ0n) is 13.5. The summed E-state index contributed by atoms with van der Waals surface area (Å²) in [6.45, 7) is 3.61. The van der Waals surface area contributed by atoms with Gasteiger partial charge in [0.2, 0.25) is 0 Å². The summed E-state index contributed by atoms with van der Waals surface area (Å²) >= 11 is 1.09. The van der Waals surface area contributed by atoms with Gasteiger partial charge in [-0.25, -0.2) is 9.59 Å². The van der Waals surface area contributed by atoms with Crippen molar-refractivity contribution in [1.29, 1.82) is 0 Å². The third-order valence-corrected chi connectivity index (χ3v) is 4.35. The second-order valence-electron chi connectivity index (χ2n) is 5.45. The smallest absolute Gasteiger partial charge is 0.350 e. The molecule has 2 amide bonds. The van der Waals surface area contributed by atoms with Crippen molar-refractivity contribution in [2.75, 3.05) is 5.75 Å². The molecule has 24 heavy (non-hydrogen) atoms. The highest BCUT2D eigenvalue weighted by atomic mass is 32.2. The Balaban J connectivity index is 2.02. The van der Waals surface area contributed by atoms with Gasteiger partial charge in [-0.15, -0.1) is 0 Å². The predicted molar refractivity (Wildman–Crippen MR) is 95.3 cm³/mol. The van der Waals surface area contributed by atoms with Crippen LogP contribution >= 0.6 is 12.0 Å². The van der Waals surface area contributed by atoms with Crippen molar-refractivity contribution in [2.45, 2.75) is 19.9 Å². The Morgan fingerprint density at radius 2 is 1.96 bits per heavy atom. The molecule has 2 aromatic rings. The Labute approximate surface area is 144 Å². The summed E-state index contributed by atoms with van der Waals surface area (Å²) in [5.74, 6) is 0.225. The van der Waals surface area contributed by atoms with Crippen LogP contribution in [0, 0.1) is 0 Å². The molecule has 2 aromatic carbocycles. The second-order valence-corrected chi connectivity index (χ2v) is 6.43. The van der Waals surface area contributed by atoms with Gasteiger partial charge in [-0.1, -0.05) is 43.3 Å². The van der Waals surface area contributed by atoms with Gasteiger partial charge in [0.05, 0.1) is 23.7 Å². The first-order chi connectivity index (χ1) is 11.6. The van der Waals surface area contributed by atoms with E-state index in [4.69, 9.17) is 4.18 Å². The van der Waals surface area contributed by atoms with E-state index in [1.807, 2.05) is 49.4 Å². The van der Waals surface area contributed by atoms with Crippen LogP contribution in [0.3, 0.4) is 0 Å². The van der Waals surface area contributed by atoms with Gasteiger partial charge in [-0.2, -0.15) is 0 Å². The second kappa shape index (κ2) is 6.97. The van der Waals surface area contributed by atoms with E-state index in [1.54, 1.807) is 6.92 Å². The number of urea groups is 1. The van der Waals surface area contributed by atoms with Crippen LogP contribution in [-0.2, 0) is 8.98 Å². The summed E-state index contributed by atoms with van der Waals surface area (Å²) < 4.78 is 5.20. The Hall–Kier alpha value is -2.47. The molecule has 0 fully saturated rings. The fourth-order valence-corrected chi connectivity index (χ4v) is 3.07. The molecule has 0 aromatic heterocycles. The summed E-state index contributed by atoms with van der Waals surface area (Å²) in [4.78, 5) is 24.3. The number of hydrogen-bond donors (Lipinski definition) is 2. The van der Waals surface area contributed by atoms with Crippen molar-refractivity contribution in [2.24, 2.45) is 0 Å². The van der Waals surface area contributed by atoms with Crippen LogP contribution in [0.4, 0.5) is 4.79 Å². The quantitative estimate of drug-likeness (QED) is 0.832. The molecule has 1 aliphatic rings. The first-order valence-corrected chi connectivity index (χ1v) is 8.62. The van der Waals surface area contributed by atoms with Gasteiger partial charge < -0.3 is 14.8 Å². The molecule has 124 valence electrons. The predicted octanol–water partition coefficient (Wildman–Crippen LogP) is 3.68. The van der Waals surface area contributed by atoms with Gasteiger partial charge in [-0.3, -0.25) is 0 Å². The van der Waals surface area contributed by atoms with Crippen molar-refractivity contribution >= 4 is 34.8 Å². The molecule has 0 spiro atoms. The minimum absolute atomic E-state index is 0.328. The Morgan fingerprint density at radius 1 is 1.21 bits per heavy atom. The molecule has 3 rings (SSSR count). The first kappa shape index (κ1) is 16.4. The first-order valence-electron chi connectivity index (χ1n) is 7.71. The number of hydrogen-bond acceptors (Lipinski definition) is 4. The fraction of sp³-hybridized carbons (Fsp3) is 0.222. The van der Waals surface area contributed by atoms with E-state index in [9.17, 15) is 9.59 Å². The van der Waals surface area contributed by atoms with E-state index in [0.29, 0.717) is 17.0 Å². The normalized spacial score (nSPS) is 17.4. The fourth-order valence-electron chi connectivity index (χ4n) is 2.76. The van der Waals surface area contributed by atoms with Gasteiger partial charge in [0, 0.05) is 11.4 Å². The number of fused-ring (bicyclic) bond motifs is 1. The number of allylic oxidation sites excluding steroid dienone is 1. The monoisotopic (exact) mass is 342 g/mol. The highest BCUT2D eigenvalue weighted by Gasteiger charge is 2.32. The highest BCUT2D eigenvalue weighted by Crippen LogP contribution is 2.30. The maximum Gasteiger partial charge on any atom is 0.350 e. The summed E-state index contributed by atoms with van der Waals surface area (Å²) in [7, 11) is 0. The topological polar surface area (TPSA) is 67.4 Å². The van der Waals surface area contributed by atoms with E-state index in [1.165, 1.54) is 0 Å². The average molecular weight is 342 g/mol. The van der Waals surface area contributed by atoms with Crippen LogP contribution < -0.4 is 10.6 Å². The van der Waals surface area contributed by atoms with Crippen LogP contribution in [0.25, 0.3) is 10.8 Å². The molecule has 0 bridgehead atoms. The Bertz CT molecular complexity index is 832. The molecule has 0 radical (unpaired) electrons. The molecular formula is C18H18N2O3S. The molecule has 0 saturated heterocycles. The third kappa shape index (κ3) is 3.23. The molecule has 6 heteroatoms. The highest BCUT2D eigenvalue weighted by molar-refractivity contribution is 7.95. The summed E-state index contributed by atoms with van der Waals surface area (Å²) in [5.41, 5.74) is 1.78. The van der Waals surface area contributed by atoms with Crippen molar-refractivity contribution in [1.82, 2.24) is 10.6 Å². The van der Waals surface area contributed by atoms with Crippen LogP contribution in [-0.4, -0.2) is 17.8 Å². The maximum absolute atomic E-state index is 12.4. The van der Waals surface area contributed by atoms with Gasteiger partial charge in [0.1, 0.15) is 0 Å². The molecule has 0 saturated carbocycles. The van der Waals surface area contributed by atoms with Crippen molar-refractivity contribution in [3.8, 4) is 0 Å². The molecule has 1 heterocycles. The lowest BCUT2D eigenvalue weighted by molar-refractivity contribution is -0.129. The number of carbonyl (C=O) groups excluding carboxylic acids is 2. The van der Waals surface area contributed by atoms with E-state index in [-0.39, 0.29) is 6.03 Å². The lowest BCUT2D eigenvalue weighted by Crippen LogP contribution is -2.45. The molecular weight excluding hydrogens is 324 g/mol. The average Bonchev–Trinajstić information content (AvgIpc) is 2.58. The van der Waals surface area contributed by atoms with E-state index in [0.717, 1.165) is 28.4 Å². The van der Waals surface area contributed by atoms with Crippen LogP contribution in [0.15, 0.2) is 53.7 Å². The summed E-state index contributed by atoms with van der Waals surface area (Å²) in [5, 5.41) is 7.62. The van der Waals surface area contributed by atoms with Crippen LogP contribution in [0.5, 0.6) is 0 Å². The van der Waals surface area contributed by atoms with Crippen molar-refractivity contribution in [3.05, 3.63) is 59.3 Å². The van der Waals surface area contributed by atoms with Gasteiger partial charge in [-0.05, 0) is 29.3 Å². The Kier molecular flexibility index (Phi) is 4.76. The van der Waals surface area contributed by atoms with E-state index in [2.05, 4.69) is 10.6 Å². The van der Waals surface area contributed by atoms with Gasteiger partial charge >= 0.3 is 12.0 Å². The largest absolute Gasteiger partial charge is 0.388 e. The van der Waals surface area contributed by atoms with E-state index >= 15 is 0 Å². The third-order valence-electron chi connectivity index (χ3n) is 3.85. The minimum Gasteiger partial charge on any atom is -0.388 e. The number of rotatable bonds is 4. The molecule has 1 unspecified atom stereocenters. The zero-order valence-corrected chi connectivity index (χ0v) is 14.3. The number of carbonyl (C=O) groups is 2. The number of benzene rings is 2. The molecule has 1 aliphatic heterocycles. The van der Waals surface area contributed by atoms with E-state index < -0.39 is 12.0 Å². The van der Waals surface area contributed by atoms with Crippen molar-refractivity contribution in [3.63, 3.8) is 0 Å². The van der Waals surface area contributed by atoms with Crippen LogP contribution in [0.2, 0.25) is 0 Å². The lowest BCUT2D eigenvalue weighted by atomic mass is 9.94. The molecule has 1 atom stereocenters. The standard InChI is InChI=1S/C18H18N2O3S/c1-3-24-23-17(21)15-11(2)19-18(22)20-16(15)14-9-8-12-6-4-5-7-13(12)10-14/h4-10,16H,3H2,1-2H3,(H2,19,20,22). The Morgan fingerprint density at radius 3 is 2.71 bits per heavy atom. The summed E-state index contributed by atoms with van der Waals surface area (Å²) in [6, 6.07) is 13.0. The zero-order chi connectivity index (χ0) is 17.1. The SMILES string of the molecule is CCSOC(=O)C1=C(C)NC(=O)NC1c1ccc2ccccc2c1. The number of amides is 2. The number of nitrogens with one attached hydrogen (secondary N) is 2. The molecule has 0 aliphatic carbocycles. The van der Waals surface area contributed by atoms with Crippen molar-refractivity contribution < 1.29 is 13.8 Å². The molecule has 5 nitrogen and oxygen atoms in total. The minimum atomic E-state index is -0.534. The van der Waals surface area contributed by atoms with Gasteiger partial charge in [0.25, 0.3) is 0 Å².